The first-order chi connectivity index (χ1) is 11.3. The van der Waals surface area contributed by atoms with Gasteiger partial charge in [-0.25, -0.2) is 4.79 Å². The molecule has 0 aliphatic rings. The minimum Gasteiger partial charge on any atom is -0.463 e. The molecule has 0 amide bonds. The molecule has 2 aromatic rings. The van der Waals surface area contributed by atoms with Gasteiger partial charge in [-0.05, 0) is 12.1 Å². The lowest BCUT2D eigenvalue weighted by molar-refractivity contribution is -0.139. The molecule has 24 heavy (non-hydrogen) atoms. The largest absolute Gasteiger partial charge is 0.463 e. The Morgan fingerprint density at radius 3 is 2.54 bits per heavy atom. The number of carbonyl (C=O) groups excluding carboxylic acids is 1. The maximum atomic E-state index is 11.6. The summed E-state index contributed by atoms with van der Waals surface area (Å²) in [5, 5.41) is 0.563. The van der Waals surface area contributed by atoms with Crippen LogP contribution in [0.3, 0.4) is 0 Å². The lowest BCUT2D eigenvalue weighted by Crippen LogP contribution is -2.12. The Labute approximate surface area is 142 Å². The molecule has 1 aromatic carbocycles. The number of esters is 1. The van der Waals surface area contributed by atoms with E-state index in [1.54, 1.807) is 24.3 Å². The molecule has 0 saturated carbocycles. The highest BCUT2D eigenvalue weighted by Gasteiger charge is 2.18. The number of methoxy groups -OCH3 is 1. The smallest absolute Gasteiger partial charge is 0.400 e. The molecule has 0 aliphatic heterocycles. The van der Waals surface area contributed by atoms with Crippen LogP contribution in [0.2, 0.25) is 5.02 Å². The molecule has 0 aliphatic carbocycles. The van der Waals surface area contributed by atoms with Gasteiger partial charge in [0.05, 0.1) is 13.4 Å². The maximum Gasteiger partial charge on any atom is 0.400 e. The van der Waals surface area contributed by atoms with Gasteiger partial charge >= 0.3 is 22.2 Å². The minimum atomic E-state index is -3.82. The first-order valence-corrected chi connectivity index (χ1v) is 8.54. The van der Waals surface area contributed by atoms with Crippen LogP contribution in [0.25, 0.3) is 11.3 Å². The molecule has 10 heteroatoms. The van der Waals surface area contributed by atoms with Gasteiger partial charge in [0.25, 0.3) is 5.76 Å². The minimum absolute atomic E-state index is 0.297. The molecule has 0 saturated heterocycles. The first kappa shape index (κ1) is 17.8. The van der Waals surface area contributed by atoms with Gasteiger partial charge in [-0.1, -0.05) is 23.7 Å². The van der Waals surface area contributed by atoms with Crippen LogP contribution >= 0.6 is 11.6 Å². The molecule has 0 spiro atoms. The van der Waals surface area contributed by atoms with E-state index in [4.69, 9.17) is 20.8 Å². The summed E-state index contributed by atoms with van der Waals surface area (Å²) in [5.74, 6) is -1.52. The molecule has 0 radical (unpaired) electrons. The van der Waals surface area contributed by atoms with Gasteiger partial charge in [0.1, 0.15) is 12.0 Å². The molecule has 128 valence electrons. The highest BCUT2D eigenvalue weighted by atomic mass is 35.5. The lowest BCUT2D eigenvalue weighted by Gasteiger charge is -2.04. The third kappa shape index (κ3) is 5.00. The van der Waals surface area contributed by atoms with Crippen molar-refractivity contribution in [3.63, 3.8) is 0 Å². The topological polar surface area (TPSA) is 105 Å². The molecule has 0 fully saturated rings. The Morgan fingerprint density at radius 1 is 1.29 bits per heavy atom. The number of hydrogen-bond donors (Lipinski definition) is 0. The number of halogens is 1. The third-order valence-electron chi connectivity index (χ3n) is 2.54. The molecule has 0 N–H and O–H groups in total. The van der Waals surface area contributed by atoms with E-state index in [0.717, 1.165) is 13.4 Å². The second kappa shape index (κ2) is 7.37. The van der Waals surface area contributed by atoms with E-state index in [2.05, 4.69) is 13.9 Å². The molecule has 0 unspecified atom stereocenters. The maximum absolute atomic E-state index is 11.6. The van der Waals surface area contributed by atoms with Gasteiger partial charge in [0.2, 0.25) is 0 Å². The second-order valence-corrected chi connectivity index (χ2v) is 6.42. The van der Waals surface area contributed by atoms with Gasteiger partial charge < -0.3 is 18.1 Å². The zero-order valence-electron chi connectivity index (χ0n) is 12.6. The van der Waals surface area contributed by atoms with E-state index in [-0.39, 0.29) is 6.08 Å². The average molecular weight is 374 g/mol. The van der Waals surface area contributed by atoms with Crippen molar-refractivity contribution in [2.45, 2.75) is 0 Å². The Morgan fingerprint density at radius 2 is 1.96 bits per heavy atom. The van der Waals surface area contributed by atoms with Gasteiger partial charge in [-0.15, -0.1) is 0 Å². The van der Waals surface area contributed by atoms with Gasteiger partial charge in [-0.2, -0.15) is 13.4 Å². The monoisotopic (exact) mass is 373 g/mol. The summed E-state index contributed by atoms with van der Waals surface area (Å²) in [6, 6.07) is 6.78. The van der Waals surface area contributed by atoms with Gasteiger partial charge in [0, 0.05) is 10.6 Å². The lowest BCUT2D eigenvalue weighted by atomic mass is 10.2. The molecule has 0 bridgehead atoms. The van der Waals surface area contributed by atoms with Crippen molar-refractivity contribution >= 4 is 27.7 Å². The Kier molecular flexibility index (Phi) is 5.47. The number of aromatic nitrogens is 1. The number of hydrogen-bond acceptors (Lipinski definition) is 8. The fourth-order valence-electron chi connectivity index (χ4n) is 1.50. The fraction of sp³-hybridized carbons (Fsp3) is 0.143. The summed E-state index contributed by atoms with van der Waals surface area (Å²) in [7, 11) is -2.73. The van der Waals surface area contributed by atoms with Crippen LogP contribution in [0.5, 0.6) is 6.08 Å². The summed E-state index contributed by atoms with van der Waals surface area (Å²) in [6.45, 7) is 0. The summed E-state index contributed by atoms with van der Waals surface area (Å²) in [4.78, 5) is 15.6. The Hall–Kier alpha value is -2.52. The van der Waals surface area contributed by atoms with Crippen molar-refractivity contribution in [3.05, 3.63) is 47.6 Å². The van der Waals surface area contributed by atoms with Crippen molar-refractivity contribution in [1.82, 2.24) is 4.98 Å². The first-order valence-electron chi connectivity index (χ1n) is 6.34. The molecular formula is C14H12ClNO7S. The zero-order valence-corrected chi connectivity index (χ0v) is 14.1. The second-order valence-electron chi connectivity index (χ2n) is 4.38. The van der Waals surface area contributed by atoms with Crippen LogP contribution in [0.1, 0.15) is 0 Å². The van der Waals surface area contributed by atoms with E-state index in [1.807, 2.05) is 0 Å². The van der Waals surface area contributed by atoms with E-state index >= 15 is 0 Å². The van der Waals surface area contributed by atoms with E-state index < -0.39 is 21.8 Å². The number of nitrogens with zero attached hydrogens (tertiary/aromatic N) is 1. The predicted octanol–water partition coefficient (Wildman–Crippen LogP) is 2.36. The van der Waals surface area contributed by atoms with Crippen molar-refractivity contribution in [3.8, 4) is 17.3 Å². The SMILES string of the molecule is COC(=O)/C(=C\OS(C)(=O)=O)Oc1nc(-c2ccc(Cl)cc2)co1. The van der Waals surface area contributed by atoms with Gasteiger partial charge in [-0.3, -0.25) is 0 Å². The number of rotatable bonds is 6. The summed E-state index contributed by atoms with van der Waals surface area (Å²) in [5.41, 5.74) is 1.13. The highest BCUT2D eigenvalue weighted by molar-refractivity contribution is 7.86. The molecule has 0 atom stereocenters. The van der Waals surface area contributed by atoms with Crippen LogP contribution < -0.4 is 4.74 Å². The number of carbonyl (C=O) groups is 1. The average Bonchev–Trinajstić information content (AvgIpc) is 2.99. The Balaban J connectivity index is 2.21. The molecule has 8 nitrogen and oxygen atoms in total. The van der Waals surface area contributed by atoms with Crippen LogP contribution in [-0.4, -0.2) is 32.7 Å². The molecule has 2 rings (SSSR count). The normalized spacial score (nSPS) is 11.9. The standard InChI is InChI=1S/C14H12ClNO7S/c1-20-13(17)12(8-22-24(2,18)19)23-14-16-11(7-21-14)9-3-5-10(15)6-4-9/h3-8H,1-2H3/b12-8+. The van der Waals surface area contributed by atoms with Crippen LogP contribution in [0.15, 0.2) is 47.0 Å². The number of oxazole rings is 1. The Bertz CT molecular complexity index is 856. The predicted molar refractivity (Wildman–Crippen MR) is 83.6 cm³/mol. The zero-order chi connectivity index (χ0) is 17.7. The molecular weight excluding hydrogens is 362 g/mol. The van der Waals surface area contributed by atoms with Crippen molar-refractivity contribution < 1.29 is 31.3 Å². The van der Waals surface area contributed by atoms with Crippen molar-refractivity contribution in [2.75, 3.05) is 13.4 Å². The molecule has 1 heterocycles. The number of ether oxygens (including phenoxy) is 2. The third-order valence-corrected chi connectivity index (χ3v) is 3.23. The highest BCUT2D eigenvalue weighted by Crippen LogP contribution is 2.24. The van der Waals surface area contributed by atoms with Crippen molar-refractivity contribution in [2.24, 2.45) is 0 Å². The summed E-state index contributed by atoms with van der Waals surface area (Å²) < 4.78 is 41.0. The molecule has 1 aromatic heterocycles. The van der Waals surface area contributed by atoms with Crippen LogP contribution in [0, 0.1) is 0 Å². The summed E-state index contributed by atoms with van der Waals surface area (Å²) >= 11 is 5.81. The quantitative estimate of drug-likeness (QED) is 0.329. The summed E-state index contributed by atoms with van der Waals surface area (Å²) in [6.07, 6.45) is 2.40. The van der Waals surface area contributed by atoms with E-state index in [0.29, 0.717) is 22.5 Å². The van der Waals surface area contributed by atoms with Crippen LogP contribution in [0.4, 0.5) is 0 Å². The van der Waals surface area contributed by atoms with E-state index in [9.17, 15) is 13.2 Å². The van der Waals surface area contributed by atoms with Gasteiger partial charge in [0.15, 0.2) is 6.26 Å². The van der Waals surface area contributed by atoms with Crippen molar-refractivity contribution in [1.29, 1.82) is 0 Å². The van der Waals surface area contributed by atoms with E-state index in [1.165, 1.54) is 6.26 Å². The number of benzene rings is 1. The van der Waals surface area contributed by atoms with Crippen LogP contribution in [-0.2, 0) is 23.8 Å². The fourth-order valence-corrected chi connectivity index (χ4v) is 1.89.